The fraction of sp³-hybridized carbons (Fsp3) is 0.357. The van der Waals surface area contributed by atoms with Gasteiger partial charge in [0.05, 0.1) is 0 Å². The molecule has 3 heteroatoms. The lowest BCUT2D eigenvalue weighted by Gasteiger charge is -2.05. The predicted octanol–water partition coefficient (Wildman–Crippen LogP) is 2.70. The van der Waals surface area contributed by atoms with Crippen LogP contribution in [0.25, 0.3) is 0 Å². The number of hydrogen-bond donors (Lipinski definition) is 0. The van der Waals surface area contributed by atoms with Crippen molar-refractivity contribution in [1.82, 2.24) is 15.0 Å². The van der Waals surface area contributed by atoms with Crippen molar-refractivity contribution in [1.29, 1.82) is 0 Å². The first kappa shape index (κ1) is 11.7. The third-order valence-corrected chi connectivity index (χ3v) is 2.55. The van der Waals surface area contributed by atoms with Crippen molar-refractivity contribution in [2.75, 3.05) is 0 Å². The van der Waals surface area contributed by atoms with Crippen LogP contribution in [0.5, 0.6) is 0 Å². The van der Waals surface area contributed by atoms with Crippen LogP contribution in [-0.2, 0) is 6.42 Å². The molecule has 0 saturated heterocycles. The molecule has 88 valence electrons. The molecule has 2 rings (SSSR count). The van der Waals surface area contributed by atoms with Crippen LogP contribution >= 0.6 is 0 Å². The number of hydrogen-bond acceptors (Lipinski definition) is 3. The van der Waals surface area contributed by atoms with Crippen LogP contribution in [0.4, 0.5) is 0 Å². The van der Waals surface area contributed by atoms with E-state index >= 15 is 0 Å². The Labute approximate surface area is 102 Å². The van der Waals surface area contributed by atoms with Crippen molar-refractivity contribution in [3.05, 3.63) is 52.4 Å². The van der Waals surface area contributed by atoms with Gasteiger partial charge in [0.15, 0.2) is 0 Å². The standard InChI is InChI=1S/C14H17N3/c1-9-5-10(2)7-13(6-9)8-14-16-11(3)15-12(4)17-14/h5-7H,8H2,1-4H3. The normalized spacial score (nSPS) is 10.6. The van der Waals surface area contributed by atoms with Gasteiger partial charge in [-0.2, -0.15) is 0 Å². The Hall–Kier alpha value is -1.77. The van der Waals surface area contributed by atoms with Gasteiger partial charge >= 0.3 is 0 Å². The predicted molar refractivity (Wildman–Crippen MR) is 68.0 cm³/mol. The Morgan fingerprint density at radius 2 is 1.29 bits per heavy atom. The molecular weight excluding hydrogens is 210 g/mol. The summed E-state index contributed by atoms with van der Waals surface area (Å²) in [5, 5.41) is 0. The molecule has 0 unspecified atom stereocenters. The number of benzene rings is 1. The van der Waals surface area contributed by atoms with E-state index in [0.29, 0.717) is 0 Å². The van der Waals surface area contributed by atoms with Crippen molar-refractivity contribution >= 4 is 0 Å². The lowest BCUT2D eigenvalue weighted by Crippen LogP contribution is -2.03. The first-order valence-corrected chi connectivity index (χ1v) is 5.78. The highest BCUT2D eigenvalue weighted by molar-refractivity contribution is 5.30. The Bertz CT molecular complexity index is 457. The third-order valence-electron chi connectivity index (χ3n) is 2.55. The summed E-state index contributed by atoms with van der Waals surface area (Å²) in [5.41, 5.74) is 3.82. The summed E-state index contributed by atoms with van der Waals surface area (Å²) in [5.74, 6) is 2.42. The SMILES string of the molecule is Cc1cc(C)cc(Cc2nc(C)nc(C)n2)c1. The van der Waals surface area contributed by atoms with Crippen molar-refractivity contribution in [2.45, 2.75) is 34.1 Å². The molecule has 2 aromatic rings. The highest BCUT2D eigenvalue weighted by Gasteiger charge is 2.03. The summed E-state index contributed by atoms with van der Waals surface area (Å²) in [6.45, 7) is 8.03. The number of aryl methyl sites for hydroxylation is 4. The number of nitrogens with zero attached hydrogens (tertiary/aromatic N) is 3. The Morgan fingerprint density at radius 1 is 0.765 bits per heavy atom. The van der Waals surface area contributed by atoms with Crippen LogP contribution in [0.3, 0.4) is 0 Å². The summed E-state index contributed by atoms with van der Waals surface area (Å²) in [7, 11) is 0. The largest absolute Gasteiger partial charge is 0.219 e. The van der Waals surface area contributed by atoms with E-state index in [1.54, 1.807) is 0 Å². The molecule has 1 heterocycles. The van der Waals surface area contributed by atoms with Gasteiger partial charge in [-0.15, -0.1) is 0 Å². The molecule has 0 bridgehead atoms. The van der Waals surface area contributed by atoms with Crippen LogP contribution in [0.2, 0.25) is 0 Å². The molecule has 0 aliphatic heterocycles. The van der Waals surface area contributed by atoms with Gasteiger partial charge in [-0.25, -0.2) is 15.0 Å². The van der Waals surface area contributed by atoms with Crippen LogP contribution in [-0.4, -0.2) is 15.0 Å². The molecule has 0 fully saturated rings. The highest BCUT2D eigenvalue weighted by Crippen LogP contribution is 2.12. The van der Waals surface area contributed by atoms with E-state index in [0.717, 1.165) is 23.9 Å². The molecule has 1 aromatic heterocycles. The zero-order valence-electron chi connectivity index (χ0n) is 10.8. The molecule has 3 nitrogen and oxygen atoms in total. The minimum absolute atomic E-state index is 0.771. The lowest BCUT2D eigenvalue weighted by molar-refractivity contribution is 0.842. The Balaban J connectivity index is 2.31. The average Bonchev–Trinajstić information content (AvgIpc) is 2.13. The summed E-state index contributed by atoms with van der Waals surface area (Å²) < 4.78 is 0. The summed E-state index contributed by atoms with van der Waals surface area (Å²) >= 11 is 0. The molecule has 0 aliphatic rings. The molecule has 0 N–H and O–H groups in total. The quantitative estimate of drug-likeness (QED) is 0.791. The van der Waals surface area contributed by atoms with E-state index in [-0.39, 0.29) is 0 Å². The Morgan fingerprint density at radius 3 is 1.82 bits per heavy atom. The molecule has 0 radical (unpaired) electrons. The third kappa shape index (κ3) is 3.09. The van der Waals surface area contributed by atoms with Crippen molar-refractivity contribution in [3.8, 4) is 0 Å². The fourth-order valence-electron chi connectivity index (χ4n) is 2.12. The van der Waals surface area contributed by atoms with Gasteiger partial charge in [0.1, 0.15) is 17.5 Å². The van der Waals surface area contributed by atoms with E-state index in [4.69, 9.17) is 0 Å². The summed E-state index contributed by atoms with van der Waals surface area (Å²) in [6.07, 6.45) is 0.771. The lowest BCUT2D eigenvalue weighted by atomic mass is 10.0. The van der Waals surface area contributed by atoms with Gasteiger partial charge in [0.2, 0.25) is 0 Å². The van der Waals surface area contributed by atoms with E-state index in [2.05, 4.69) is 47.0 Å². The monoisotopic (exact) mass is 227 g/mol. The molecule has 17 heavy (non-hydrogen) atoms. The van der Waals surface area contributed by atoms with Gasteiger partial charge in [-0.1, -0.05) is 29.3 Å². The van der Waals surface area contributed by atoms with Gasteiger partial charge in [-0.05, 0) is 33.3 Å². The van der Waals surface area contributed by atoms with E-state index < -0.39 is 0 Å². The van der Waals surface area contributed by atoms with Crippen LogP contribution in [0, 0.1) is 27.7 Å². The zero-order chi connectivity index (χ0) is 12.4. The molecule has 1 aromatic carbocycles. The molecular formula is C14H17N3. The molecule has 0 spiro atoms. The first-order valence-electron chi connectivity index (χ1n) is 5.78. The molecule has 0 amide bonds. The maximum absolute atomic E-state index is 4.37. The second-order valence-electron chi connectivity index (χ2n) is 4.52. The summed E-state index contributed by atoms with van der Waals surface area (Å²) in [6, 6.07) is 6.54. The number of aromatic nitrogens is 3. The first-order chi connectivity index (χ1) is 8.02. The zero-order valence-corrected chi connectivity index (χ0v) is 10.8. The minimum Gasteiger partial charge on any atom is -0.219 e. The smallest absolute Gasteiger partial charge is 0.136 e. The average molecular weight is 227 g/mol. The van der Waals surface area contributed by atoms with Crippen LogP contribution < -0.4 is 0 Å². The topological polar surface area (TPSA) is 38.7 Å². The van der Waals surface area contributed by atoms with Gasteiger partial charge in [0.25, 0.3) is 0 Å². The van der Waals surface area contributed by atoms with Crippen molar-refractivity contribution in [2.24, 2.45) is 0 Å². The highest BCUT2D eigenvalue weighted by atomic mass is 15.0. The van der Waals surface area contributed by atoms with Crippen molar-refractivity contribution in [3.63, 3.8) is 0 Å². The van der Waals surface area contributed by atoms with E-state index in [1.165, 1.54) is 16.7 Å². The van der Waals surface area contributed by atoms with E-state index in [9.17, 15) is 0 Å². The maximum Gasteiger partial charge on any atom is 0.136 e. The fourth-order valence-corrected chi connectivity index (χ4v) is 2.12. The van der Waals surface area contributed by atoms with Gasteiger partial charge in [0, 0.05) is 6.42 Å². The van der Waals surface area contributed by atoms with E-state index in [1.807, 2.05) is 13.8 Å². The molecule has 0 atom stereocenters. The Kier molecular flexibility index (Phi) is 3.18. The maximum atomic E-state index is 4.37. The second kappa shape index (κ2) is 4.62. The summed E-state index contributed by atoms with van der Waals surface area (Å²) in [4.78, 5) is 12.9. The van der Waals surface area contributed by atoms with Crippen LogP contribution in [0.1, 0.15) is 34.2 Å². The molecule has 0 saturated carbocycles. The number of rotatable bonds is 2. The second-order valence-corrected chi connectivity index (χ2v) is 4.52. The van der Waals surface area contributed by atoms with Gasteiger partial charge < -0.3 is 0 Å². The van der Waals surface area contributed by atoms with Crippen molar-refractivity contribution < 1.29 is 0 Å². The van der Waals surface area contributed by atoms with Gasteiger partial charge in [-0.3, -0.25) is 0 Å². The molecule has 0 aliphatic carbocycles. The minimum atomic E-state index is 0.771. The van der Waals surface area contributed by atoms with Crippen LogP contribution in [0.15, 0.2) is 18.2 Å².